The third-order valence-corrected chi connectivity index (χ3v) is 7.88. The van der Waals surface area contributed by atoms with Gasteiger partial charge in [0, 0.05) is 24.8 Å². The van der Waals surface area contributed by atoms with Gasteiger partial charge in [0.15, 0.2) is 17.6 Å². The number of nitrogens with zero attached hydrogens (tertiary/aromatic N) is 2. The van der Waals surface area contributed by atoms with Crippen LogP contribution in [0.15, 0.2) is 36.4 Å². The molecule has 4 fully saturated rings. The van der Waals surface area contributed by atoms with Gasteiger partial charge in [-0.3, -0.25) is 30.1 Å². The Balaban J connectivity index is 1.32. The van der Waals surface area contributed by atoms with Crippen LogP contribution < -0.4 is 21.3 Å². The number of carbonyl (C=O) groups excluding carboxylic acids is 3. The first kappa shape index (κ1) is 23.9. The lowest BCUT2D eigenvalue weighted by molar-refractivity contribution is -0.232. The van der Waals surface area contributed by atoms with E-state index in [1.54, 1.807) is 30.3 Å². The number of hydrogen-bond acceptors (Lipinski definition) is 8. The highest BCUT2D eigenvalue weighted by Gasteiger charge is 2.74. The summed E-state index contributed by atoms with van der Waals surface area (Å²) >= 11 is 0. The van der Waals surface area contributed by atoms with Crippen LogP contribution in [0.1, 0.15) is 23.2 Å². The molecule has 2 aromatic carbocycles. The zero-order valence-electron chi connectivity index (χ0n) is 20.0. The maximum atomic E-state index is 13.2. The smallest absolute Gasteiger partial charge is 0.255 e. The van der Waals surface area contributed by atoms with Crippen LogP contribution in [0.4, 0.5) is 0 Å². The molecule has 14 heteroatoms. The molecular weight excluding hydrogens is 496 g/mol. The van der Waals surface area contributed by atoms with Crippen molar-refractivity contribution in [1.82, 2.24) is 31.1 Å². The molecule has 0 aliphatic carbocycles. The van der Waals surface area contributed by atoms with Crippen LogP contribution in [0.3, 0.4) is 0 Å². The number of amides is 3. The minimum Gasteiger partial charge on any atom is -0.506 e. The van der Waals surface area contributed by atoms with E-state index < -0.39 is 35.5 Å². The standard InChI is InChI=1S/C24H26N8O6/c25-21-29-19-14(9-31-16(33)7-8-17(31)34)27-22(26)32-10-15(24(37,38)23(19,32)30-21)28-20(36)13-6-5-11-3-1-2-4-12(11)18(13)35/h1-6,14-15,19,35,37-38H,7-10H2,(H2,26,27)(H,28,36)(H3,25,29,30)/t14?,15?,19?,23-/m1/s1. The Morgan fingerprint density at radius 1 is 1.08 bits per heavy atom. The summed E-state index contributed by atoms with van der Waals surface area (Å²) in [4.78, 5) is 40.0. The number of likely N-dealkylation sites (tertiary alicyclic amines) is 1. The molecule has 0 bridgehead atoms. The molecule has 9 N–H and O–H groups in total. The van der Waals surface area contributed by atoms with Gasteiger partial charge in [0.05, 0.1) is 24.2 Å². The fraction of sp³-hybridized carbons (Fsp3) is 0.375. The summed E-state index contributed by atoms with van der Waals surface area (Å²) in [6, 6.07) is 6.85. The van der Waals surface area contributed by atoms with Gasteiger partial charge >= 0.3 is 0 Å². The summed E-state index contributed by atoms with van der Waals surface area (Å²) in [5.41, 5.74) is -1.95. The van der Waals surface area contributed by atoms with Crippen molar-refractivity contribution in [3.63, 3.8) is 0 Å². The van der Waals surface area contributed by atoms with Crippen LogP contribution in [0.5, 0.6) is 5.75 Å². The van der Waals surface area contributed by atoms with Crippen LogP contribution in [0.25, 0.3) is 10.8 Å². The van der Waals surface area contributed by atoms with Gasteiger partial charge in [-0.25, -0.2) is 0 Å². The van der Waals surface area contributed by atoms with Crippen molar-refractivity contribution in [2.45, 2.75) is 42.4 Å². The van der Waals surface area contributed by atoms with E-state index >= 15 is 0 Å². The first-order valence-corrected chi connectivity index (χ1v) is 12.1. The number of imide groups is 1. The van der Waals surface area contributed by atoms with Gasteiger partial charge in [-0.05, 0) is 11.5 Å². The number of aliphatic hydroxyl groups is 2. The molecule has 3 unspecified atom stereocenters. The Kier molecular flexibility index (Phi) is 5.06. The molecular formula is C24H26N8O6. The van der Waals surface area contributed by atoms with Crippen LogP contribution in [0.2, 0.25) is 0 Å². The first-order chi connectivity index (χ1) is 18.0. The molecule has 4 aliphatic rings. The number of carbonyl (C=O) groups is 3. The number of nitrogens with one attached hydrogen (secondary N) is 6. The SMILES string of the molecule is N=C1NC2C(CN3C(=O)CCC3=O)NC(=N)N3CC(NC(=O)c4ccc5ccccc5c4O)C(O)(O)[C@@]23N1. The van der Waals surface area contributed by atoms with Crippen molar-refractivity contribution in [3.05, 3.63) is 42.0 Å². The molecule has 4 aliphatic heterocycles. The number of phenols is 1. The maximum Gasteiger partial charge on any atom is 0.255 e. The van der Waals surface area contributed by atoms with Crippen molar-refractivity contribution in [1.29, 1.82) is 10.8 Å². The van der Waals surface area contributed by atoms with E-state index in [-0.39, 0.29) is 61.0 Å². The molecule has 6 rings (SSSR count). The van der Waals surface area contributed by atoms with Crippen molar-refractivity contribution in [2.24, 2.45) is 0 Å². The average molecular weight is 523 g/mol. The van der Waals surface area contributed by atoms with Crippen LogP contribution in [-0.4, -0.2) is 97.4 Å². The number of guanidine groups is 2. The van der Waals surface area contributed by atoms with Gasteiger partial charge in [0.1, 0.15) is 11.8 Å². The second-order valence-corrected chi connectivity index (χ2v) is 9.93. The zero-order valence-corrected chi connectivity index (χ0v) is 20.0. The summed E-state index contributed by atoms with van der Waals surface area (Å²) < 4.78 is 0. The molecule has 0 aromatic heterocycles. The van der Waals surface area contributed by atoms with E-state index in [2.05, 4.69) is 21.3 Å². The lowest BCUT2D eigenvalue weighted by Gasteiger charge is -2.51. The molecule has 4 heterocycles. The highest BCUT2D eigenvalue weighted by Crippen LogP contribution is 2.43. The second-order valence-electron chi connectivity index (χ2n) is 9.93. The Bertz CT molecular complexity index is 1410. The maximum absolute atomic E-state index is 13.2. The van der Waals surface area contributed by atoms with Crippen LogP contribution in [0, 0.1) is 10.8 Å². The second kappa shape index (κ2) is 8.03. The molecule has 1 spiro atoms. The Morgan fingerprint density at radius 2 is 1.79 bits per heavy atom. The number of fused-ring (bicyclic) bond motifs is 1. The topological polar surface area (TPSA) is 214 Å². The van der Waals surface area contributed by atoms with E-state index in [9.17, 15) is 29.7 Å². The quantitative estimate of drug-likeness (QED) is 0.157. The van der Waals surface area contributed by atoms with Crippen molar-refractivity contribution < 1.29 is 29.7 Å². The minimum atomic E-state index is -2.73. The van der Waals surface area contributed by atoms with Gasteiger partial charge in [-0.15, -0.1) is 0 Å². The van der Waals surface area contributed by atoms with Gasteiger partial charge < -0.3 is 41.5 Å². The highest BCUT2D eigenvalue weighted by atomic mass is 16.5. The highest BCUT2D eigenvalue weighted by molar-refractivity contribution is 6.04. The largest absolute Gasteiger partial charge is 0.506 e. The van der Waals surface area contributed by atoms with Crippen LogP contribution in [-0.2, 0) is 9.59 Å². The lowest BCUT2D eigenvalue weighted by Crippen LogP contribution is -2.81. The Hall–Kier alpha value is -4.43. The summed E-state index contributed by atoms with van der Waals surface area (Å²) in [5, 5.41) is 62.8. The Morgan fingerprint density at radius 3 is 2.53 bits per heavy atom. The van der Waals surface area contributed by atoms with Gasteiger partial charge in [0.25, 0.3) is 5.91 Å². The molecule has 2 aromatic rings. The monoisotopic (exact) mass is 522 g/mol. The van der Waals surface area contributed by atoms with Gasteiger partial charge in [0.2, 0.25) is 17.6 Å². The first-order valence-electron chi connectivity index (χ1n) is 12.1. The van der Waals surface area contributed by atoms with E-state index in [0.29, 0.717) is 5.39 Å². The molecule has 4 saturated heterocycles. The third kappa shape index (κ3) is 3.16. The lowest BCUT2D eigenvalue weighted by atomic mass is 9.84. The predicted octanol–water partition coefficient (Wildman–Crippen LogP) is -2.11. The molecule has 4 atom stereocenters. The number of rotatable bonds is 4. The molecule has 0 saturated carbocycles. The van der Waals surface area contributed by atoms with Crippen molar-refractivity contribution in [3.8, 4) is 5.75 Å². The van der Waals surface area contributed by atoms with E-state index in [0.717, 1.165) is 10.3 Å². The summed E-state index contributed by atoms with van der Waals surface area (Å²) in [6.07, 6.45) is 0.151. The fourth-order valence-electron chi connectivity index (χ4n) is 6.03. The van der Waals surface area contributed by atoms with Crippen molar-refractivity contribution in [2.75, 3.05) is 13.1 Å². The summed E-state index contributed by atoms with van der Waals surface area (Å²) in [6.45, 7) is -0.383. The van der Waals surface area contributed by atoms with E-state index in [1.165, 1.54) is 11.0 Å². The predicted molar refractivity (Wildman–Crippen MR) is 132 cm³/mol. The molecule has 198 valence electrons. The van der Waals surface area contributed by atoms with Crippen molar-refractivity contribution >= 4 is 40.4 Å². The van der Waals surface area contributed by atoms with Gasteiger partial charge in [-0.2, -0.15) is 0 Å². The van der Waals surface area contributed by atoms with Gasteiger partial charge in [-0.1, -0.05) is 30.3 Å². The van der Waals surface area contributed by atoms with E-state index in [4.69, 9.17) is 10.8 Å². The summed E-state index contributed by atoms with van der Waals surface area (Å²) in [5.74, 6) is -4.99. The normalized spacial score (nSPS) is 29.6. The molecule has 38 heavy (non-hydrogen) atoms. The molecule has 3 amide bonds. The van der Waals surface area contributed by atoms with Crippen LogP contribution >= 0.6 is 0 Å². The average Bonchev–Trinajstić information content (AvgIpc) is 3.47. The number of aromatic hydroxyl groups is 1. The minimum absolute atomic E-state index is 0.0687. The molecule has 14 nitrogen and oxygen atoms in total. The van der Waals surface area contributed by atoms with E-state index in [1.807, 2.05) is 0 Å². The fourth-order valence-corrected chi connectivity index (χ4v) is 6.03. The number of hydrogen-bond donors (Lipinski definition) is 9. The summed E-state index contributed by atoms with van der Waals surface area (Å²) in [7, 11) is 0. The molecule has 0 radical (unpaired) electrons. The number of benzene rings is 2. The zero-order chi connectivity index (χ0) is 27.0. The Labute approximate surface area is 215 Å². The number of phenolic OH excluding ortho intramolecular Hbond substituents is 1. The third-order valence-electron chi connectivity index (χ3n) is 7.88.